The van der Waals surface area contributed by atoms with Crippen LogP contribution in [-0.2, 0) is 0 Å². The van der Waals surface area contributed by atoms with Crippen molar-refractivity contribution >= 4 is 11.3 Å². The molecule has 0 aliphatic heterocycles. The average molecular weight is 202 g/mol. The predicted molar refractivity (Wildman–Crippen MR) is 54.5 cm³/mol. The van der Waals surface area contributed by atoms with Crippen LogP contribution >= 0.6 is 11.3 Å². The Morgan fingerprint density at radius 2 is 1.93 bits per heavy atom. The topological polar surface area (TPSA) is 12.9 Å². The van der Waals surface area contributed by atoms with E-state index in [1.54, 1.807) is 5.38 Å². The molecule has 1 aromatic heterocycles. The van der Waals surface area contributed by atoms with Crippen LogP contribution in [0, 0.1) is 17.1 Å². The van der Waals surface area contributed by atoms with Gasteiger partial charge in [-0.25, -0.2) is 4.98 Å². The lowest BCUT2D eigenvalue weighted by atomic mass is 10.2. The first-order chi connectivity index (χ1) is 6.84. The van der Waals surface area contributed by atoms with Crippen LogP contribution in [-0.4, -0.2) is 4.98 Å². The Kier molecular flexibility index (Phi) is 2.57. The first kappa shape index (κ1) is 8.92. The summed E-state index contributed by atoms with van der Waals surface area (Å²) in [6.07, 6.45) is 0. The molecule has 2 aromatic rings. The molecule has 1 nitrogen and oxygen atoms in total. The number of benzene rings is 1. The lowest BCUT2D eigenvalue weighted by Crippen LogP contribution is -1.75. The van der Waals surface area contributed by atoms with E-state index in [2.05, 4.69) is 16.8 Å². The molecule has 0 spiro atoms. The maximum atomic E-state index is 12.5. The third-order valence-corrected chi connectivity index (χ3v) is 2.21. The highest BCUT2D eigenvalue weighted by Gasteiger charge is 1.95. The maximum Gasteiger partial charge on any atom is 0.270 e. The van der Waals surface area contributed by atoms with Crippen LogP contribution in [0.4, 0.5) is 4.39 Å². The van der Waals surface area contributed by atoms with Crippen molar-refractivity contribution < 1.29 is 4.39 Å². The van der Waals surface area contributed by atoms with Crippen molar-refractivity contribution in [2.24, 2.45) is 0 Å². The van der Waals surface area contributed by atoms with Gasteiger partial charge in [0.25, 0.3) is 5.26 Å². The highest BCUT2D eigenvalue weighted by molar-refractivity contribution is 7.08. The summed E-state index contributed by atoms with van der Waals surface area (Å²) in [4.78, 5) is 3.60. The molecular weight excluding hydrogens is 196 g/mol. The minimum atomic E-state index is -0.442. The largest absolute Gasteiger partial charge is 0.270 e. The minimum absolute atomic E-state index is 0.442. The number of hydrogen-bond donors (Lipinski definition) is 0. The van der Waals surface area contributed by atoms with E-state index in [-0.39, 0.29) is 0 Å². The Bertz CT molecular complexity index is 479. The second-order valence-corrected chi connectivity index (χ2v) is 3.41. The quantitative estimate of drug-likeness (QED) is 0.598. The molecule has 0 atom stereocenters. The maximum absolute atomic E-state index is 12.5. The number of nitrogens with zero attached hydrogens (tertiary/aromatic N) is 1. The number of aromatic nitrogens is 1. The van der Waals surface area contributed by atoms with Crippen molar-refractivity contribution in [1.29, 1.82) is 0 Å². The molecule has 0 aliphatic rings. The third-order valence-electron chi connectivity index (χ3n) is 1.58. The molecule has 0 saturated carbocycles. The van der Waals surface area contributed by atoms with Gasteiger partial charge in [0.2, 0.25) is 0 Å². The zero-order valence-corrected chi connectivity index (χ0v) is 8.01. The monoisotopic (exact) mass is 202 g/mol. The number of rotatable bonds is 0. The molecule has 0 saturated heterocycles. The zero-order valence-electron chi connectivity index (χ0n) is 7.20. The van der Waals surface area contributed by atoms with Crippen LogP contribution in [0.5, 0.6) is 0 Å². The zero-order chi connectivity index (χ0) is 9.80. The first-order valence-electron chi connectivity index (χ1n) is 4.03. The standard InChI is InChI=1S/C11H6FNS/c12-11-13-10(8-14-11)7-6-9-4-2-1-3-5-9/h1-5,8H/i12-1. The Morgan fingerprint density at radius 1 is 1.14 bits per heavy atom. The van der Waals surface area contributed by atoms with Gasteiger partial charge in [0.15, 0.2) is 0 Å². The van der Waals surface area contributed by atoms with Gasteiger partial charge >= 0.3 is 0 Å². The molecule has 0 aliphatic carbocycles. The van der Waals surface area contributed by atoms with Crippen LogP contribution in [0.15, 0.2) is 35.7 Å². The fourth-order valence-corrected chi connectivity index (χ4v) is 1.44. The molecular formula is C11H6FNS. The smallest absolute Gasteiger partial charge is 0.201 e. The second-order valence-electron chi connectivity index (χ2n) is 2.60. The van der Waals surface area contributed by atoms with Crippen molar-refractivity contribution in [3.05, 3.63) is 52.2 Å². The molecule has 1 heterocycles. The molecule has 3 heteroatoms. The summed E-state index contributed by atoms with van der Waals surface area (Å²) in [5, 5.41) is 1.16. The average Bonchev–Trinajstić information content (AvgIpc) is 2.63. The van der Waals surface area contributed by atoms with Crippen molar-refractivity contribution in [2.45, 2.75) is 0 Å². The van der Waals surface area contributed by atoms with Crippen LogP contribution in [0.1, 0.15) is 11.3 Å². The van der Waals surface area contributed by atoms with Gasteiger partial charge < -0.3 is 0 Å². The van der Waals surface area contributed by atoms with E-state index in [0.29, 0.717) is 5.69 Å². The van der Waals surface area contributed by atoms with E-state index >= 15 is 0 Å². The number of hydrogen-bond acceptors (Lipinski definition) is 2. The summed E-state index contributed by atoms with van der Waals surface area (Å²) >= 11 is 0.959. The number of halogens is 1. The van der Waals surface area contributed by atoms with Crippen LogP contribution in [0.2, 0.25) is 0 Å². The Hall–Kier alpha value is -1.66. The van der Waals surface area contributed by atoms with E-state index in [1.807, 2.05) is 30.3 Å². The van der Waals surface area contributed by atoms with E-state index < -0.39 is 5.26 Å². The summed E-state index contributed by atoms with van der Waals surface area (Å²) in [6.45, 7) is 0. The fourth-order valence-electron chi connectivity index (χ4n) is 0.967. The molecule has 0 bridgehead atoms. The van der Waals surface area contributed by atoms with Crippen LogP contribution in [0.25, 0.3) is 0 Å². The third kappa shape index (κ3) is 2.18. The van der Waals surface area contributed by atoms with Gasteiger partial charge in [0.05, 0.1) is 0 Å². The molecule has 68 valence electrons. The number of thiazole rings is 1. The Balaban J connectivity index is 2.23. The normalized spacial score (nSPS) is 9.21. The second kappa shape index (κ2) is 4.03. The van der Waals surface area contributed by atoms with Gasteiger partial charge in [-0.2, -0.15) is 4.39 Å². The first-order valence-corrected chi connectivity index (χ1v) is 4.91. The van der Waals surface area contributed by atoms with E-state index in [1.165, 1.54) is 0 Å². The van der Waals surface area contributed by atoms with Crippen LogP contribution < -0.4 is 0 Å². The SMILES string of the molecule is [18F]c1nc(C#Cc2ccccc2)cs1. The van der Waals surface area contributed by atoms with E-state index in [9.17, 15) is 4.39 Å². The van der Waals surface area contributed by atoms with Crippen LogP contribution in [0.3, 0.4) is 0 Å². The summed E-state index contributed by atoms with van der Waals surface area (Å²) in [5.74, 6) is 5.69. The molecule has 14 heavy (non-hydrogen) atoms. The van der Waals surface area contributed by atoms with E-state index in [4.69, 9.17) is 0 Å². The molecule has 2 rings (SSSR count). The van der Waals surface area contributed by atoms with Crippen molar-refractivity contribution in [1.82, 2.24) is 4.98 Å². The fraction of sp³-hybridized carbons (Fsp3) is 0. The summed E-state index contributed by atoms with van der Waals surface area (Å²) in [6, 6.07) is 9.54. The van der Waals surface area contributed by atoms with Crippen molar-refractivity contribution in [3.63, 3.8) is 0 Å². The molecule has 0 amide bonds. The highest BCUT2D eigenvalue weighted by atomic mass is 32.1. The molecule has 0 unspecified atom stereocenters. The lowest BCUT2D eigenvalue weighted by molar-refractivity contribution is 0.616. The Labute approximate surface area is 85.2 Å². The van der Waals surface area contributed by atoms with Gasteiger partial charge in [-0.05, 0) is 18.1 Å². The van der Waals surface area contributed by atoms with Gasteiger partial charge in [-0.3, -0.25) is 0 Å². The van der Waals surface area contributed by atoms with E-state index in [0.717, 1.165) is 16.9 Å². The van der Waals surface area contributed by atoms with Gasteiger partial charge in [-0.15, -0.1) is 0 Å². The Morgan fingerprint density at radius 3 is 2.57 bits per heavy atom. The molecule has 0 radical (unpaired) electrons. The van der Waals surface area contributed by atoms with Crippen molar-refractivity contribution in [3.8, 4) is 11.8 Å². The lowest BCUT2D eigenvalue weighted by Gasteiger charge is -1.84. The summed E-state index contributed by atoms with van der Waals surface area (Å²) in [7, 11) is 0. The van der Waals surface area contributed by atoms with Gasteiger partial charge in [0.1, 0.15) is 5.69 Å². The molecule has 0 fully saturated rings. The highest BCUT2D eigenvalue weighted by Crippen LogP contribution is 2.05. The summed E-state index contributed by atoms with van der Waals surface area (Å²) in [5.41, 5.74) is 1.39. The minimum Gasteiger partial charge on any atom is -0.201 e. The summed E-state index contributed by atoms with van der Waals surface area (Å²) < 4.78 is 12.5. The van der Waals surface area contributed by atoms with Gasteiger partial charge in [0, 0.05) is 10.9 Å². The molecule has 0 N–H and O–H groups in total. The predicted octanol–water partition coefficient (Wildman–Crippen LogP) is 2.68. The van der Waals surface area contributed by atoms with Gasteiger partial charge in [-0.1, -0.05) is 35.5 Å². The molecule has 1 aromatic carbocycles. The van der Waals surface area contributed by atoms with Crippen molar-refractivity contribution in [2.75, 3.05) is 0 Å².